The fourth-order valence-corrected chi connectivity index (χ4v) is 0. The van der Waals surface area contributed by atoms with E-state index in [4.69, 9.17) is 42.2 Å². The first kappa shape index (κ1) is 22.9. The largest absolute Gasteiger partial charge is 0.761 e. The van der Waals surface area contributed by atoms with E-state index in [0.717, 1.165) is 0 Å². The molecule has 13 heavy (non-hydrogen) atoms. The molecule has 0 amide bonds. The van der Waals surface area contributed by atoms with Crippen LogP contribution in [-0.2, 0) is 13.4 Å². The van der Waals surface area contributed by atoms with Gasteiger partial charge in [0, 0.05) is 23.1 Å². The van der Waals surface area contributed by atoms with E-state index in [2.05, 4.69) is 0 Å². The quantitative estimate of drug-likeness (QED) is 0.232. The van der Waals surface area contributed by atoms with Gasteiger partial charge in [-0.2, -0.15) is 0 Å². The Hall–Kier alpha value is -0.383. The fourth-order valence-electron chi connectivity index (χ4n) is 0. The lowest BCUT2D eigenvalue weighted by molar-refractivity contribution is 0.328. The van der Waals surface area contributed by atoms with Crippen LogP contribution in [-0.4, -0.2) is 79.3 Å². The summed E-state index contributed by atoms with van der Waals surface area (Å²) in [6.45, 7) is 0. The lowest BCUT2D eigenvalue weighted by Crippen LogP contribution is -1.90. The summed E-state index contributed by atoms with van der Waals surface area (Å²) in [7, 11) is -9.39. The third kappa shape index (κ3) is 7320. The molecule has 0 saturated heterocycles. The zero-order valence-corrected chi connectivity index (χ0v) is 10.5. The number of rotatable bonds is 0. The van der Waals surface area contributed by atoms with Crippen LogP contribution in [0.5, 0.6) is 0 Å². The molecule has 0 aliphatic rings. The topological polar surface area (TPSA) is 173 Å². The standard InChI is InChI=1S/Mg.3H2O3Si/c;3*1-4(2)3/h;3*1-2H. The Morgan fingerprint density at radius 2 is 0.538 bits per heavy atom. The van der Waals surface area contributed by atoms with Crippen molar-refractivity contribution >= 4 is 50.6 Å². The number of hydrogen-bond donors (Lipinski definition) is 6. The smallest absolute Gasteiger partial charge is 0.511 e. The van der Waals surface area contributed by atoms with Gasteiger partial charge in [0.1, 0.15) is 0 Å². The van der Waals surface area contributed by atoms with Crippen LogP contribution in [0.4, 0.5) is 0 Å². The monoisotopic (exact) mass is 258 g/mol. The van der Waals surface area contributed by atoms with Crippen LogP contribution in [0.3, 0.4) is 0 Å². The molecule has 0 spiro atoms. The van der Waals surface area contributed by atoms with Crippen LogP contribution in [0.25, 0.3) is 0 Å². The van der Waals surface area contributed by atoms with Crippen LogP contribution in [0.1, 0.15) is 0 Å². The SMILES string of the molecule is O=[Si](O)O.O=[Si](O)O.O=[Si](O)O.[Mg]. The summed E-state index contributed by atoms with van der Waals surface area (Å²) in [5, 5.41) is 0. The minimum absolute atomic E-state index is 0. The second-order valence-corrected chi connectivity index (χ2v) is 2.54. The Labute approximate surface area is 92.8 Å². The van der Waals surface area contributed by atoms with E-state index < -0.39 is 27.5 Å². The fraction of sp³-hybridized carbons (Fsp3) is 0. The predicted molar refractivity (Wildman–Crippen MR) is 38.4 cm³/mol. The van der Waals surface area contributed by atoms with Crippen molar-refractivity contribution in [2.24, 2.45) is 0 Å². The van der Waals surface area contributed by atoms with Crippen LogP contribution < -0.4 is 0 Å². The van der Waals surface area contributed by atoms with Crippen molar-refractivity contribution in [3.05, 3.63) is 0 Å². The second kappa shape index (κ2) is 17.6. The van der Waals surface area contributed by atoms with Crippen molar-refractivity contribution in [1.82, 2.24) is 0 Å². The highest BCUT2D eigenvalue weighted by molar-refractivity contribution is 6.22. The van der Waals surface area contributed by atoms with Crippen molar-refractivity contribution in [2.75, 3.05) is 0 Å². The van der Waals surface area contributed by atoms with Crippen LogP contribution >= 0.6 is 0 Å². The van der Waals surface area contributed by atoms with E-state index in [0.29, 0.717) is 0 Å². The average Bonchev–Trinajstić information content (AvgIpc) is 1.54. The molecule has 0 aromatic heterocycles. The summed E-state index contributed by atoms with van der Waals surface area (Å²) < 4.78 is 26.2. The molecule has 0 bridgehead atoms. The van der Waals surface area contributed by atoms with E-state index in [1.807, 2.05) is 0 Å². The molecule has 0 saturated carbocycles. The van der Waals surface area contributed by atoms with Crippen molar-refractivity contribution < 1.29 is 42.2 Å². The van der Waals surface area contributed by atoms with Gasteiger partial charge in [-0.15, -0.1) is 0 Å². The molecule has 0 fully saturated rings. The summed E-state index contributed by atoms with van der Waals surface area (Å²) >= 11 is 0. The molecule has 0 aromatic carbocycles. The second-order valence-electron chi connectivity index (χ2n) is 0.848. The van der Waals surface area contributed by atoms with Gasteiger partial charge in [0.05, 0.1) is 0 Å². The Morgan fingerprint density at radius 1 is 0.538 bits per heavy atom. The molecule has 2 radical (unpaired) electrons. The van der Waals surface area contributed by atoms with Crippen molar-refractivity contribution in [3.8, 4) is 0 Å². The maximum atomic E-state index is 8.74. The summed E-state index contributed by atoms with van der Waals surface area (Å²) in [4.78, 5) is 42.9. The van der Waals surface area contributed by atoms with Gasteiger partial charge < -0.3 is 28.8 Å². The van der Waals surface area contributed by atoms with Gasteiger partial charge in [-0.1, -0.05) is 0 Å². The summed E-state index contributed by atoms with van der Waals surface area (Å²) in [5.74, 6) is 0. The molecule has 0 heterocycles. The van der Waals surface area contributed by atoms with E-state index in [1.165, 1.54) is 0 Å². The lowest BCUT2D eigenvalue weighted by Gasteiger charge is -1.55. The summed E-state index contributed by atoms with van der Waals surface area (Å²) in [6.07, 6.45) is 0. The van der Waals surface area contributed by atoms with Crippen LogP contribution in [0, 0.1) is 0 Å². The predicted octanol–water partition coefficient (Wildman–Crippen LogP) is -5.22. The zero-order valence-electron chi connectivity index (χ0n) is 6.12. The van der Waals surface area contributed by atoms with Gasteiger partial charge in [0.2, 0.25) is 0 Å². The van der Waals surface area contributed by atoms with Gasteiger partial charge in [-0.25, -0.2) is 0 Å². The highest BCUT2D eigenvalue weighted by atomic mass is 28.3. The minimum Gasteiger partial charge on any atom is -0.511 e. The normalized spacial score (nSPS) is 5.54. The third-order valence-electron chi connectivity index (χ3n) is 0. The molecule has 0 aromatic rings. The Morgan fingerprint density at radius 3 is 0.538 bits per heavy atom. The highest BCUT2D eigenvalue weighted by Crippen LogP contribution is 1.27. The first-order valence-electron chi connectivity index (χ1n) is 1.95. The van der Waals surface area contributed by atoms with E-state index in [9.17, 15) is 0 Å². The van der Waals surface area contributed by atoms with Gasteiger partial charge in [0.15, 0.2) is 0 Å². The molecular weight excluding hydrogens is 253 g/mol. The summed E-state index contributed by atoms with van der Waals surface area (Å²) in [5.41, 5.74) is 0. The molecule has 0 rings (SSSR count). The van der Waals surface area contributed by atoms with Gasteiger partial charge in [0.25, 0.3) is 0 Å². The van der Waals surface area contributed by atoms with Crippen molar-refractivity contribution in [2.45, 2.75) is 0 Å². The maximum Gasteiger partial charge on any atom is 0.761 e. The van der Waals surface area contributed by atoms with Crippen molar-refractivity contribution in [1.29, 1.82) is 0 Å². The minimum atomic E-state index is -3.13. The number of hydrogen-bond acceptors (Lipinski definition) is 3. The highest BCUT2D eigenvalue weighted by Gasteiger charge is 1.85. The lowest BCUT2D eigenvalue weighted by atomic mass is 15.8. The third-order valence-corrected chi connectivity index (χ3v) is 0. The van der Waals surface area contributed by atoms with Crippen LogP contribution in [0.15, 0.2) is 0 Å². The average molecular weight is 259 g/mol. The zero-order chi connectivity index (χ0) is 10.7. The van der Waals surface area contributed by atoms with Gasteiger partial charge in [-0.3, -0.25) is 13.4 Å². The van der Waals surface area contributed by atoms with Crippen molar-refractivity contribution in [3.63, 3.8) is 0 Å². The first-order valence-corrected chi connectivity index (χ1v) is 5.86. The molecule has 0 atom stereocenters. The van der Waals surface area contributed by atoms with Gasteiger partial charge >= 0.3 is 27.5 Å². The molecule has 0 aliphatic carbocycles. The molecular formula is H6MgO9Si3. The molecule has 0 unspecified atom stereocenters. The van der Waals surface area contributed by atoms with E-state index in [-0.39, 0.29) is 23.1 Å². The molecule has 6 N–H and O–H groups in total. The maximum absolute atomic E-state index is 8.74. The Balaban J connectivity index is -0.0000000450. The van der Waals surface area contributed by atoms with Gasteiger partial charge in [-0.05, 0) is 0 Å². The van der Waals surface area contributed by atoms with E-state index in [1.54, 1.807) is 0 Å². The van der Waals surface area contributed by atoms with Crippen LogP contribution in [0.2, 0.25) is 0 Å². The molecule has 0 aliphatic heterocycles. The summed E-state index contributed by atoms with van der Waals surface area (Å²) in [6, 6.07) is 0. The Kier molecular flexibility index (Phi) is 31.1. The molecule has 9 nitrogen and oxygen atoms in total. The Bertz CT molecular complexity index is 112. The molecule has 74 valence electrons. The first-order chi connectivity index (χ1) is 5.20. The molecule has 13 heteroatoms. The van der Waals surface area contributed by atoms with E-state index >= 15 is 0 Å².